The molecule has 0 atom stereocenters. The number of anilines is 2. The number of hydrogen-bond acceptors (Lipinski definition) is 5. The van der Waals surface area contributed by atoms with Gasteiger partial charge in [-0.1, -0.05) is 30.3 Å². The summed E-state index contributed by atoms with van der Waals surface area (Å²) in [4.78, 5) is 27.1. The van der Waals surface area contributed by atoms with E-state index in [0.717, 1.165) is 24.2 Å². The molecule has 0 aliphatic carbocycles. The molecule has 2 amide bonds. The van der Waals surface area contributed by atoms with Crippen LogP contribution in [0.1, 0.15) is 40.2 Å². The third-order valence-corrected chi connectivity index (χ3v) is 6.49. The number of piperidine rings is 1. The summed E-state index contributed by atoms with van der Waals surface area (Å²) >= 11 is 0. The molecule has 36 heavy (non-hydrogen) atoms. The van der Waals surface area contributed by atoms with Crippen molar-refractivity contribution in [3.05, 3.63) is 89.5 Å². The van der Waals surface area contributed by atoms with E-state index < -0.39 is 0 Å². The van der Waals surface area contributed by atoms with E-state index in [1.807, 2.05) is 41.3 Å². The number of para-hydroxylation sites is 2. The highest BCUT2D eigenvalue weighted by molar-refractivity contribution is 6.05. The number of nitrogen functional groups attached to an aromatic ring is 1. The highest BCUT2D eigenvalue weighted by Gasteiger charge is 2.23. The van der Waals surface area contributed by atoms with Crippen LogP contribution in [0.5, 0.6) is 11.5 Å². The van der Waals surface area contributed by atoms with Gasteiger partial charge < -0.3 is 25.4 Å². The van der Waals surface area contributed by atoms with Gasteiger partial charge in [-0.3, -0.25) is 9.59 Å². The van der Waals surface area contributed by atoms with E-state index in [4.69, 9.17) is 15.2 Å². The molecular weight excluding hydrogens is 454 g/mol. The average Bonchev–Trinajstić information content (AvgIpc) is 2.93. The molecule has 186 valence electrons. The van der Waals surface area contributed by atoms with Crippen LogP contribution in [0.25, 0.3) is 6.08 Å². The fourth-order valence-corrected chi connectivity index (χ4v) is 4.36. The van der Waals surface area contributed by atoms with Gasteiger partial charge in [0.25, 0.3) is 5.91 Å². The maximum Gasteiger partial charge on any atom is 0.255 e. The van der Waals surface area contributed by atoms with Crippen molar-refractivity contribution < 1.29 is 19.1 Å². The molecule has 4 rings (SSSR count). The van der Waals surface area contributed by atoms with Crippen molar-refractivity contribution in [2.45, 2.75) is 18.8 Å². The molecule has 1 saturated heterocycles. The van der Waals surface area contributed by atoms with E-state index >= 15 is 0 Å². The van der Waals surface area contributed by atoms with Crippen LogP contribution in [-0.2, 0) is 4.79 Å². The molecule has 3 aromatic rings. The highest BCUT2D eigenvalue weighted by Crippen LogP contribution is 2.34. The molecule has 0 unspecified atom stereocenters. The second kappa shape index (κ2) is 11.4. The number of nitrogens with two attached hydrogens (primary N) is 1. The summed E-state index contributed by atoms with van der Waals surface area (Å²) in [6.45, 7) is 1.40. The molecule has 1 heterocycles. The lowest BCUT2D eigenvalue weighted by molar-refractivity contribution is -0.126. The van der Waals surface area contributed by atoms with Crippen LogP contribution in [-0.4, -0.2) is 44.0 Å². The number of nitrogens with one attached hydrogen (secondary N) is 1. The second-order valence-corrected chi connectivity index (χ2v) is 8.71. The summed E-state index contributed by atoms with van der Waals surface area (Å²) in [7, 11) is 3.27. The third-order valence-electron chi connectivity index (χ3n) is 6.49. The molecule has 0 radical (unpaired) electrons. The standard InChI is InChI=1S/C29H31N3O4/c1-35-26-13-12-23(19-27(26)36-2)21-15-17-32(18-16-21)28(33)14-9-20-7-10-22(11-8-20)29(34)31-25-6-4-3-5-24(25)30/h3-14,19,21H,15-18,30H2,1-2H3,(H,31,34)/b14-9+. The Bertz CT molecular complexity index is 1250. The van der Waals surface area contributed by atoms with Crippen molar-refractivity contribution in [1.82, 2.24) is 4.90 Å². The molecule has 0 aromatic heterocycles. The SMILES string of the molecule is COc1ccc(C2CCN(C(=O)/C=C/c3ccc(C(=O)Nc4ccccc4N)cc3)CC2)cc1OC. The van der Waals surface area contributed by atoms with Gasteiger partial charge in [-0.25, -0.2) is 0 Å². The van der Waals surface area contributed by atoms with Gasteiger partial charge in [0, 0.05) is 24.7 Å². The Hall–Kier alpha value is -4.26. The largest absolute Gasteiger partial charge is 0.493 e. The number of benzene rings is 3. The zero-order valence-corrected chi connectivity index (χ0v) is 20.6. The molecule has 7 nitrogen and oxygen atoms in total. The first-order valence-electron chi connectivity index (χ1n) is 11.9. The first kappa shape index (κ1) is 24.9. The van der Waals surface area contributed by atoms with E-state index in [2.05, 4.69) is 11.4 Å². The number of likely N-dealkylation sites (tertiary alicyclic amines) is 1. The monoisotopic (exact) mass is 485 g/mol. The number of amides is 2. The summed E-state index contributed by atoms with van der Waals surface area (Å²) in [6, 6.07) is 20.2. The number of carbonyl (C=O) groups is 2. The molecule has 7 heteroatoms. The van der Waals surface area contributed by atoms with Crippen molar-refractivity contribution in [1.29, 1.82) is 0 Å². The molecule has 3 N–H and O–H groups in total. The number of ether oxygens (including phenoxy) is 2. The van der Waals surface area contributed by atoms with Crippen LogP contribution in [0, 0.1) is 0 Å². The summed E-state index contributed by atoms with van der Waals surface area (Å²) in [5, 5.41) is 2.81. The van der Waals surface area contributed by atoms with Crippen molar-refractivity contribution >= 4 is 29.3 Å². The van der Waals surface area contributed by atoms with Gasteiger partial charge in [0.05, 0.1) is 25.6 Å². The second-order valence-electron chi connectivity index (χ2n) is 8.71. The Morgan fingerprint density at radius 1 is 0.944 bits per heavy atom. The maximum atomic E-state index is 12.7. The van der Waals surface area contributed by atoms with Gasteiger partial charge in [-0.05, 0) is 72.4 Å². The summed E-state index contributed by atoms with van der Waals surface area (Å²) in [5.74, 6) is 1.57. The van der Waals surface area contributed by atoms with E-state index in [1.165, 1.54) is 5.56 Å². The third kappa shape index (κ3) is 5.86. The molecule has 1 aliphatic rings. The lowest BCUT2D eigenvalue weighted by Crippen LogP contribution is -2.36. The fourth-order valence-electron chi connectivity index (χ4n) is 4.36. The van der Waals surface area contributed by atoms with Crippen LogP contribution in [0.2, 0.25) is 0 Å². The van der Waals surface area contributed by atoms with E-state index in [-0.39, 0.29) is 11.8 Å². The minimum Gasteiger partial charge on any atom is -0.493 e. The van der Waals surface area contributed by atoms with Crippen molar-refractivity contribution in [2.75, 3.05) is 38.4 Å². The highest BCUT2D eigenvalue weighted by atomic mass is 16.5. The quantitative estimate of drug-likeness (QED) is 0.365. The number of rotatable bonds is 7. The number of hydrogen-bond donors (Lipinski definition) is 2. The minimum absolute atomic E-state index is 0.0119. The Balaban J connectivity index is 1.30. The topological polar surface area (TPSA) is 93.9 Å². The molecule has 0 spiro atoms. The summed E-state index contributed by atoms with van der Waals surface area (Å²) < 4.78 is 10.8. The smallest absolute Gasteiger partial charge is 0.255 e. The lowest BCUT2D eigenvalue weighted by atomic mass is 9.89. The van der Waals surface area contributed by atoms with Gasteiger partial charge in [0.1, 0.15) is 0 Å². The van der Waals surface area contributed by atoms with E-state index in [1.54, 1.807) is 50.6 Å². The first-order valence-corrected chi connectivity index (χ1v) is 11.9. The van der Waals surface area contributed by atoms with Gasteiger partial charge in [-0.15, -0.1) is 0 Å². The van der Waals surface area contributed by atoms with Crippen molar-refractivity contribution in [2.24, 2.45) is 0 Å². The first-order chi connectivity index (χ1) is 17.5. The van der Waals surface area contributed by atoms with Crippen LogP contribution in [0.15, 0.2) is 72.8 Å². The predicted molar refractivity (Wildman–Crippen MR) is 142 cm³/mol. The van der Waals surface area contributed by atoms with Crippen LogP contribution in [0.4, 0.5) is 11.4 Å². The number of nitrogens with zero attached hydrogens (tertiary/aromatic N) is 1. The molecule has 3 aromatic carbocycles. The summed E-state index contributed by atoms with van der Waals surface area (Å²) in [5.41, 5.74) is 9.54. The average molecular weight is 486 g/mol. The van der Waals surface area contributed by atoms with Crippen LogP contribution in [0.3, 0.4) is 0 Å². The predicted octanol–water partition coefficient (Wildman–Crippen LogP) is 4.96. The molecule has 1 fully saturated rings. The Morgan fingerprint density at radius 2 is 1.64 bits per heavy atom. The maximum absolute atomic E-state index is 12.7. The number of carbonyl (C=O) groups excluding carboxylic acids is 2. The van der Waals surface area contributed by atoms with Gasteiger partial charge in [-0.2, -0.15) is 0 Å². The lowest BCUT2D eigenvalue weighted by Gasteiger charge is -2.31. The summed E-state index contributed by atoms with van der Waals surface area (Å²) in [6.07, 6.45) is 5.16. The normalized spacial score (nSPS) is 14.0. The molecule has 0 saturated carbocycles. The van der Waals surface area contributed by atoms with Crippen molar-refractivity contribution in [3.8, 4) is 11.5 Å². The Kier molecular flexibility index (Phi) is 7.90. The fraction of sp³-hybridized carbons (Fsp3) is 0.241. The zero-order valence-electron chi connectivity index (χ0n) is 20.6. The zero-order chi connectivity index (χ0) is 25.5. The number of methoxy groups -OCH3 is 2. The Morgan fingerprint density at radius 3 is 2.31 bits per heavy atom. The van der Waals surface area contributed by atoms with Crippen LogP contribution < -0.4 is 20.5 Å². The van der Waals surface area contributed by atoms with E-state index in [0.29, 0.717) is 41.7 Å². The van der Waals surface area contributed by atoms with Crippen molar-refractivity contribution in [3.63, 3.8) is 0 Å². The van der Waals surface area contributed by atoms with Gasteiger partial charge >= 0.3 is 0 Å². The van der Waals surface area contributed by atoms with E-state index in [9.17, 15) is 9.59 Å². The minimum atomic E-state index is -0.239. The van der Waals surface area contributed by atoms with Gasteiger partial charge in [0.2, 0.25) is 5.91 Å². The van der Waals surface area contributed by atoms with Gasteiger partial charge in [0.15, 0.2) is 11.5 Å². The molecule has 0 bridgehead atoms. The Labute approximate surface area is 211 Å². The molecular formula is C29H31N3O4. The molecule has 1 aliphatic heterocycles. The van der Waals surface area contributed by atoms with Crippen LogP contribution >= 0.6 is 0 Å².